The predicted molar refractivity (Wildman–Crippen MR) is 142 cm³/mol. The zero-order valence-corrected chi connectivity index (χ0v) is 22.9. The number of sulfonamides is 1. The van der Waals surface area contributed by atoms with E-state index >= 15 is 0 Å². The van der Waals surface area contributed by atoms with Gasteiger partial charge in [-0.15, -0.1) is 0 Å². The number of amides is 1. The number of benzene rings is 2. The minimum atomic E-state index is -5.08. The van der Waals surface area contributed by atoms with Crippen LogP contribution in [0.3, 0.4) is 0 Å². The van der Waals surface area contributed by atoms with E-state index in [1.165, 1.54) is 4.31 Å². The molecule has 2 atom stereocenters. The summed E-state index contributed by atoms with van der Waals surface area (Å²) in [6.07, 6.45) is -1.77. The fraction of sp³-hybridized carbons (Fsp3) is 0.444. The Morgan fingerprint density at radius 3 is 2.12 bits per heavy atom. The van der Waals surface area contributed by atoms with Crippen LogP contribution in [0.25, 0.3) is 11.1 Å². The lowest BCUT2D eigenvalue weighted by atomic mass is 10.00. The summed E-state index contributed by atoms with van der Waals surface area (Å²) < 4.78 is 64.0. The van der Waals surface area contributed by atoms with Crippen LogP contribution in [0.4, 0.5) is 13.2 Å². The van der Waals surface area contributed by atoms with E-state index in [4.69, 9.17) is 14.6 Å². The van der Waals surface area contributed by atoms with Crippen molar-refractivity contribution in [3.63, 3.8) is 0 Å². The van der Waals surface area contributed by atoms with E-state index in [9.17, 15) is 31.6 Å². The Balaban J connectivity index is 0.000000587. The molecule has 4 rings (SSSR count). The molecule has 0 radical (unpaired) electrons. The van der Waals surface area contributed by atoms with E-state index in [0.29, 0.717) is 32.7 Å². The number of carboxylic acids is 1. The lowest BCUT2D eigenvalue weighted by Gasteiger charge is -2.26. The molecule has 0 unspecified atom stereocenters. The summed E-state index contributed by atoms with van der Waals surface area (Å²) in [5.41, 5.74) is 2.79. The van der Waals surface area contributed by atoms with Crippen molar-refractivity contribution in [3.8, 4) is 17.2 Å². The van der Waals surface area contributed by atoms with Crippen LogP contribution < -0.4 is 10.6 Å². The third kappa shape index (κ3) is 9.25. The van der Waals surface area contributed by atoms with Gasteiger partial charge in [0.25, 0.3) is 0 Å². The highest BCUT2D eigenvalue weighted by atomic mass is 32.2. The maximum atomic E-state index is 12.8. The second-order valence-corrected chi connectivity index (χ2v) is 11.4. The molecular weight excluding hydrogens is 565 g/mol. The molecule has 0 aliphatic carbocycles. The molecule has 0 aromatic heterocycles. The standard InChI is InChI=1S/C25H30N4O4S.C2HF3O2/c26-18-22(28-25(30)24-3-1-2-12-27-24)17-19-4-6-20(7-5-19)21-8-10-23(11-9-21)34(31,32)29-13-15-33-16-14-29;3-2(4,5)1(6)7/h4-11,22,24,27H,1-3,12-17H2,(H,28,30);(H,6,7)/t22-,24-;/m0./s1. The van der Waals surface area contributed by atoms with Crippen molar-refractivity contribution in [2.24, 2.45) is 0 Å². The molecule has 222 valence electrons. The first kappa shape index (κ1) is 32.0. The van der Waals surface area contributed by atoms with Gasteiger partial charge in [0, 0.05) is 19.5 Å². The van der Waals surface area contributed by atoms with Gasteiger partial charge in [-0.05, 0) is 48.2 Å². The van der Waals surface area contributed by atoms with E-state index in [-0.39, 0.29) is 16.8 Å². The highest BCUT2D eigenvalue weighted by Crippen LogP contribution is 2.24. The van der Waals surface area contributed by atoms with Gasteiger partial charge in [0.1, 0.15) is 6.04 Å². The quantitative estimate of drug-likeness (QED) is 0.442. The minimum Gasteiger partial charge on any atom is -0.475 e. The number of piperidine rings is 1. The number of halogens is 3. The number of nitrogens with one attached hydrogen (secondary N) is 2. The number of aliphatic carboxylic acids is 1. The van der Waals surface area contributed by atoms with E-state index in [0.717, 1.165) is 42.5 Å². The highest BCUT2D eigenvalue weighted by Gasteiger charge is 2.38. The van der Waals surface area contributed by atoms with Gasteiger partial charge in [0.05, 0.1) is 30.2 Å². The zero-order chi connectivity index (χ0) is 30.0. The Morgan fingerprint density at radius 1 is 1.07 bits per heavy atom. The number of hydrogen-bond acceptors (Lipinski definition) is 7. The molecule has 2 saturated heterocycles. The van der Waals surface area contributed by atoms with Gasteiger partial charge in [0.2, 0.25) is 15.9 Å². The maximum Gasteiger partial charge on any atom is 0.490 e. The number of carbonyl (C=O) groups excluding carboxylic acids is 1. The van der Waals surface area contributed by atoms with Crippen molar-refractivity contribution in [3.05, 3.63) is 54.1 Å². The van der Waals surface area contributed by atoms with E-state index in [2.05, 4.69) is 16.7 Å². The number of ether oxygens (including phenoxy) is 1. The third-order valence-corrected chi connectivity index (χ3v) is 8.44. The monoisotopic (exact) mass is 596 g/mol. The van der Waals surface area contributed by atoms with Crippen LogP contribution >= 0.6 is 0 Å². The van der Waals surface area contributed by atoms with Crippen molar-refractivity contribution < 1.29 is 41.0 Å². The normalized spacial score (nSPS) is 18.7. The summed E-state index contributed by atoms with van der Waals surface area (Å²) in [5.74, 6) is -2.87. The smallest absolute Gasteiger partial charge is 0.475 e. The van der Waals surface area contributed by atoms with Gasteiger partial charge in [-0.3, -0.25) is 4.79 Å². The Hall–Kier alpha value is -3.51. The molecule has 0 saturated carbocycles. The SMILES string of the molecule is N#C[C@H](Cc1ccc(-c2ccc(S(=O)(=O)N3CCOCC3)cc2)cc1)NC(=O)[C@@H]1CCCCN1.O=C(O)C(F)(F)F. The van der Waals surface area contributed by atoms with Gasteiger partial charge in [-0.25, -0.2) is 13.2 Å². The Morgan fingerprint density at radius 2 is 1.63 bits per heavy atom. The Kier molecular flexibility index (Phi) is 11.2. The van der Waals surface area contributed by atoms with Crippen LogP contribution in [0.5, 0.6) is 0 Å². The first-order valence-electron chi connectivity index (χ1n) is 12.9. The number of rotatable bonds is 7. The summed E-state index contributed by atoms with van der Waals surface area (Å²) in [4.78, 5) is 21.6. The summed E-state index contributed by atoms with van der Waals surface area (Å²) in [5, 5.41) is 22.7. The lowest BCUT2D eigenvalue weighted by Crippen LogP contribution is -2.49. The van der Waals surface area contributed by atoms with Gasteiger partial charge in [-0.2, -0.15) is 22.7 Å². The van der Waals surface area contributed by atoms with Crippen molar-refractivity contribution in [2.45, 2.75) is 48.8 Å². The Labute approximate surface area is 236 Å². The molecule has 0 spiro atoms. The largest absolute Gasteiger partial charge is 0.490 e. The summed E-state index contributed by atoms with van der Waals surface area (Å²) in [7, 11) is -3.52. The first-order chi connectivity index (χ1) is 19.4. The molecule has 2 aromatic carbocycles. The summed E-state index contributed by atoms with van der Waals surface area (Å²) >= 11 is 0. The number of carboxylic acid groups (broad SMARTS) is 1. The number of nitriles is 1. The predicted octanol–water partition coefficient (Wildman–Crippen LogP) is 2.70. The fourth-order valence-electron chi connectivity index (χ4n) is 4.30. The van der Waals surface area contributed by atoms with Gasteiger partial charge < -0.3 is 20.5 Å². The van der Waals surface area contributed by atoms with Crippen LogP contribution in [-0.2, 0) is 30.8 Å². The molecule has 3 N–H and O–H groups in total. The highest BCUT2D eigenvalue weighted by molar-refractivity contribution is 7.89. The van der Waals surface area contributed by atoms with Crippen molar-refractivity contribution >= 4 is 21.9 Å². The van der Waals surface area contributed by atoms with Crippen LogP contribution in [0.15, 0.2) is 53.4 Å². The van der Waals surface area contributed by atoms with Crippen LogP contribution in [0.1, 0.15) is 24.8 Å². The molecule has 1 amide bonds. The van der Waals surface area contributed by atoms with E-state index in [1.807, 2.05) is 24.3 Å². The number of alkyl halides is 3. The average molecular weight is 597 g/mol. The molecule has 41 heavy (non-hydrogen) atoms. The molecule has 0 bridgehead atoms. The number of nitrogens with zero attached hydrogens (tertiary/aromatic N) is 2. The number of hydrogen-bond donors (Lipinski definition) is 3. The maximum absolute atomic E-state index is 12.8. The van der Waals surface area contributed by atoms with Crippen molar-refractivity contribution in [1.29, 1.82) is 5.26 Å². The molecule has 2 aromatic rings. The average Bonchev–Trinajstić information content (AvgIpc) is 2.98. The number of morpholine rings is 1. The van der Waals surface area contributed by atoms with E-state index in [1.54, 1.807) is 24.3 Å². The summed E-state index contributed by atoms with van der Waals surface area (Å²) in [6, 6.07) is 16.0. The molecule has 14 heteroatoms. The molecular formula is C27H31F3N4O6S. The fourth-order valence-corrected chi connectivity index (χ4v) is 5.71. The zero-order valence-electron chi connectivity index (χ0n) is 22.1. The Bertz CT molecular complexity index is 1320. The van der Waals surface area contributed by atoms with E-state index < -0.39 is 28.2 Å². The van der Waals surface area contributed by atoms with Crippen molar-refractivity contribution in [2.75, 3.05) is 32.8 Å². The minimum absolute atomic E-state index is 0.116. The van der Waals surface area contributed by atoms with Crippen LogP contribution in [0, 0.1) is 11.3 Å². The molecule has 2 aliphatic heterocycles. The first-order valence-corrected chi connectivity index (χ1v) is 14.4. The molecule has 2 aliphatic rings. The van der Waals surface area contributed by atoms with Crippen LogP contribution in [0.2, 0.25) is 0 Å². The third-order valence-electron chi connectivity index (χ3n) is 6.53. The van der Waals surface area contributed by atoms with Gasteiger partial charge in [-0.1, -0.05) is 42.8 Å². The van der Waals surface area contributed by atoms with Gasteiger partial charge >= 0.3 is 12.1 Å². The topological polar surface area (TPSA) is 149 Å². The molecule has 10 nitrogen and oxygen atoms in total. The second-order valence-electron chi connectivity index (χ2n) is 9.44. The summed E-state index contributed by atoms with van der Waals surface area (Å²) in [6.45, 7) is 2.39. The molecule has 2 fully saturated rings. The lowest BCUT2D eigenvalue weighted by molar-refractivity contribution is -0.192. The molecule has 2 heterocycles. The van der Waals surface area contributed by atoms with Crippen LogP contribution in [-0.4, -0.2) is 80.8 Å². The second kappa shape index (κ2) is 14.4. The van der Waals surface area contributed by atoms with Gasteiger partial charge in [0.15, 0.2) is 0 Å². The number of carbonyl (C=O) groups is 2. The van der Waals surface area contributed by atoms with Crippen molar-refractivity contribution in [1.82, 2.24) is 14.9 Å².